The molecule has 1 nitrogen and oxygen atoms in total. The van der Waals surface area contributed by atoms with Gasteiger partial charge in [-0.25, -0.2) is 0 Å². The van der Waals surface area contributed by atoms with Crippen LogP contribution >= 0.6 is 0 Å². The first-order valence-electron chi connectivity index (χ1n) is 6.66. The first-order valence-corrected chi connectivity index (χ1v) is 6.66. The summed E-state index contributed by atoms with van der Waals surface area (Å²) in [5, 5.41) is 3.38. The molecule has 0 aliphatic heterocycles. The van der Waals surface area contributed by atoms with Crippen molar-refractivity contribution >= 4 is 0 Å². The zero-order valence-electron chi connectivity index (χ0n) is 12.1. The Labute approximate surface area is 106 Å². The van der Waals surface area contributed by atoms with Crippen molar-refractivity contribution < 1.29 is 0 Å². The fourth-order valence-corrected chi connectivity index (χ4v) is 3.30. The molecule has 1 aromatic carbocycles. The van der Waals surface area contributed by atoms with Gasteiger partial charge in [0.1, 0.15) is 0 Å². The monoisotopic (exact) mass is 231 g/mol. The molecule has 1 heteroatoms. The van der Waals surface area contributed by atoms with Gasteiger partial charge in [0.25, 0.3) is 0 Å². The minimum absolute atomic E-state index is 0.437. The highest BCUT2D eigenvalue weighted by atomic mass is 14.8. The molecule has 1 N–H and O–H groups in total. The van der Waals surface area contributed by atoms with E-state index in [9.17, 15) is 0 Å². The van der Waals surface area contributed by atoms with E-state index in [-0.39, 0.29) is 0 Å². The molecule has 17 heavy (non-hydrogen) atoms. The molecule has 0 bridgehead atoms. The van der Waals surface area contributed by atoms with Gasteiger partial charge in [0.15, 0.2) is 0 Å². The molecule has 1 saturated carbocycles. The van der Waals surface area contributed by atoms with Gasteiger partial charge in [-0.3, -0.25) is 0 Å². The summed E-state index contributed by atoms with van der Waals surface area (Å²) in [5.41, 5.74) is 9.58. The summed E-state index contributed by atoms with van der Waals surface area (Å²) < 4.78 is 0. The van der Waals surface area contributed by atoms with Crippen LogP contribution in [0.1, 0.15) is 46.2 Å². The Hall–Kier alpha value is -0.820. The smallest absolute Gasteiger partial charge is 0.00837 e. The lowest BCUT2D eigenvalue weighted by Gasteiger charge is -2.25. The van der Waals surface area contributed by atoms with Crippen LogP contribution in [0.3, 0.4) is 0 Å². The molecule has 0 amide bonds. The van der Waals surface area contributed by atoms with Crippen LogP contribution in [0.4, 0.5) is 0 Å². The minimum atomic E-state index is 0.437. The Balaban J connectivity index is 2.62. The highest BCUT2D eigenvalue weighted by Gasteiger charge is 2.45. The van der Waals surface area contributed by atoms with Crippen LogP contribution in [0.15, 0.2) is 0 Å². The maximum atomic E-state index is 3.38. The first-order chi connectivity index (χ1) is 7.94. The normalized spacial score (nSPS) is 17.3. The van der Waals surface area contributed by atoms with E-state index in [2.05, 4.69) is 47.0 Å². The molecule has 1 aromatic rings. The van der Waals surface area contributed by atoms with E-state index in [0.29, 0.717) is 5.41 Å². The van der Waals surface area contributed by atoms with Crippen molar-refractivity contribution in [2.45, 2.75) is 52.9 Å². The summed E-state index contributed by atoms with van der Waals surface area (Å²) in [7, 11) is 2.07. The van der Waals surface area contributed by atoms with Gasteiger partial charge in [0, 0.05) is 12.0 Å². The van der Waals surface area contributed by atoms with Crippen LogP contribution in [0.5, 0.6) is 0 Å². The third-order valence-corrected chi connectivity index (χ3v) is 4.90. The summed E-state index contributed by atoms with van der Waals surface area (Å²) in [5.74, 6) is 0. The predicted molar refractivity (Wildman–Crippen MR) is 75.0 cm³/mol. The van der Waals surface area contributed by atoms with Gasteiger partial charge in [-0.05, 0) is 87.9 Å². The molecular weight excluding hydrogens is 206 g/mol. The number of benzene rings is 1. The Bertz CT molecular complexity index is 424. The molecule has 1 fully saturated rings. The van der Waals surface area contributed by atoms with E-state index in [0.717, 1.165) is 6.54 Å². The number of hydrogen-bond acceptors (Lipinski definition) is 1. The second-order valence-electron chi connectivity index (χ2n) is 5.81. The Morgan fingerprint density at radius 2 is 1.24 bits per heavy atom. The van der Waals surface area contributed by atoms with Crippen LogP contribution in [-0.4, -0.2) is 13.6 Å². The Morgan fingerprint density at radius 3 is 1.59 bits per heavy atom. The lowest BCUT2D eigenvalue weighted by atomic mass is 9.81. The van der Waals surface area contributed by atoms with Crippen LogP contribution in [0.25, 0.3) is 0 Å². The van der Waals surface area contributed by atoms with E-state index in [1.54, 1.807) is 5.56 Å². The summed E-state index contributed by atoms with van der Waals surface area (Å²) >= 11 is 0. The summed E-state index contributed by atoms with van der Waals surface area (Å²) in [6.07, 6.45) is 2.69. The zero-order valence-corrected chi connectivity index (χ0v) is 12.1. The van der Waals surface area contributed by atoms with Crippen molar-refractivity contribution in [3.8, 4) is 0 Å². The van der Waals surface area contributed by atoms with Crippen molar-refractivity contribution in [1.29, 1.82) is 0 Å². The van der Waals surface area contributed by atoms with Gasteiger partial charge in [-0.2, -0.15) is 0 Å². The van der Waals surface area contributed by atoms with Crippen molar-refractivity contribution in [2.75, 3.05) is 13.6 Å². The maximum Gasteiger partial charge on any atom is 0.00837 e. The molecule has 0 aromatic heterocycles. The van der Waals surface area contributed by atoms with E-state index >= 15 is 0 Å². The summed E-state index contributed by atoms with van der Waals surface area (Å²) in [6.45, 7) is 12.5. The fraction of sp³-hybridized carbons (Fsp3) is 0.625. The molecule has 94 valence electrons. The molecule has 0 radical (unpaired) electrons. The number of hydrogen-bond donors (Lipinski definition) is 1. The molecule has 1 aliphatic rings. The summed E-state index contributed by atoms with van der Waals surface area (Å²) in [6, 6.07) is 0. The highest BCUT2D eigenvalue weighted by Crippen LogP contribution is 2.51. The number of rotatable bonds is 3. The fourth-order valence-electron chi connectivity index (χ4n) is 3.30. The van der Waals surface area contributed by atoms with Gasteiger partial charge in [-0.1, -0.05) is 0 Å². The number of nitrogens with one attached hydrogen (secondary N) is 1. The second-order valence-corrected chi connectivity index (χ2v) is 5.81. The molecule has 0 spiro atoms. The lowest BCUT2D eigenvalue weighted by Crippen LogP contribution is -2.26. The molecule has 1 aliphatic carbocycles. The van der Waals surface area contributed by atoms with E-state index in [1.807, 2.05) is 0 Å². The van der Waals surface area contributed by atoms with Gasteiger partial charge < -0.3 is 5.32 Å². The Kier molecular flexibility index (Phi) is 3.07. The highest BCUT2D eigenvalue weighted by molar-refractivity contribution is 5.54. The first kappa shape index (κ1) is 12.6. The summed E-state index contributed by atoms with van der Waals surface area (Å²) in [4.78, 5) is 0. The topological polar surface area (TPSA) is 12.0 Å². The van der Waals surface area contributed by atoms with Gasteiger partial charge in [-0.15, -0.1) is 0 Å². The second kappa shape index (κ2) is 4.13. The van der Waals surface area contributed by atoms with Gasteiger partial charge in [0.05, 0.1) is 0 Å². The van der Waals surface area contributed by atoms with Crippen molar-refractivity contribution in [3.05, 3.63) is 33.4 Å². The molecular formula is C16H25N. The van der Waals surface area contributed by atoms with Gasteiger partial charge >= 0.3 is 0 Å². The predicted octanol–water partition coefficient (Wildman–Crippen LogP) is 3.48. The van der Waals surface area contributed by atoms with Crippen LogP contribution < -0.4 is 5.32 Å². The minimum Gasteiger partial charge on any atom is -0.319 e. The quantitative estimate of drug-likeness (QED) is 0.840. The standard InChI is InChI=1S/C16H25N/c1-10-11(2)13(4)15(14(5)12(10)3)16(7-8-16)9-17-6/h17H,7-9H2,1-6H3. The van der Waals surface area contributed by atoms with Crippen LogP contribution in [-0.2, 0) is 5.41 Å². The number of likely N-dealkylation sites (N-methyl/N-ethyl adjacent to an activating group) is 1. The average Bonchev–Trinajstić information content (AvgIpc) is 3.05. The van der Waals surface area contributed by atoms with Crippen LogP contribution in [0.2, 0.25) is 0 Å². The van der Waals surface area contributed by atoms with Crippen molar-refractivity contribution in [3.63, 3.8) is 0 Å². The van der Waals surface area contributed by atoms with E-state index in [1.165, 1.54) is 40.7 Å². The largest absolute Gasteiger partial charge is 0.319 e. The third kappa shape index (κ3) is 1.81. The third-order valence-electron chi connectivity index (χ3n) is 4.90. The van der Waals surface area contributed by atoms with Crippen molar-refractivity contribution in [2.24, 2.45) is 0 Å². The molecule has 0 atom stereocenters. The lowest BCUT2D eigenvalue weighted by molar-refractivity contribution is 0.616. The molecule has 0 heterocycles. The molecule has 2 rings (SSSR count). The molecule has 0 saturated heterocycles. The molecule has 0 unspecified atom stereocenters. The van der Waals surface area contributed by atoms with E-state index < -0.39 is 0 Å². The van der Waals surface area contributed by atoms with Crippen LogP contribution in [0, 0.1) is 34.6 Å². The van der Waals surface area contributed by atoms with E-state index in [4.69, 9.17) is 0 Å². The van der Waals surface area contributed by atoms with Gasteiger partial charge in [0.2, 0.25) is 0 Å². The SMILES string of the molecule is CNCC1(c2c(C)c(C)c(C)c(C)c2C)CC1. The maximum absolute atomic E-state index is 3.38. The zero-order chi connectivity index (χ0) is 12.8. The average molecular weight is 231 g/mol. The Morgan fingerprint density at radius 1 is 0.824 bits per heavy atom. The van der Waals surface area contributed by atoms with Crippen molar-refractivity contribution in [1.82, 2.24) is 5.32 Å².